The van der Waals surface area contributed by atoms with E-state index in [0.29, 0.717) is 54.8 Å². The number of pyridine rings is 1. The first kappa shape index (κ1) is 20.1. The van der Waals surface area contributed by atoms with Crippen LogP contribution in [-0.4, -0.2) is 40.6 Å². The molecule has 1 aromatic carbocycles. The van der Waals surface area contributed by atoms with Gasteiger partial charge in [-0.3, -0.25) is 9.47 Å². The molecule has 3 aromatic rings. The van der Waals surface area contributed by atoms with E-state index in [0.717, 1.165) is 12.3 Å². The van der Waals surface area contributed by atoms with E-state index in [-0.39, 0.29) is 5.02 Å². The first-order valence-electron chi connectivity index (χ1n) is 8.71. The second kappa shape index (κ2) is 7.55. The van der Waals surface area contributed by atoms with Crippen LogP contribution < -0.4 is 10.7 Å². The summed E-state index contributed by atoms with van der Waals surface area (Å²) in [5, 5.41) is 0.440. The highest BCUT2D eigenvalue weighted by molar-refractivity contribution is 6.33. The maximum atomic E-state index is 12.8. The minimum absolute atomic E-state index is 0.0396. The molecule has 6 nitrogen and oxygen atoms in total. The standard InChI is InChI=1S/C18H15Cl2F3N4O2/c19-12-1-2-14-15(8-12)29-17(28)27(14)10-25-3-5-26(6-4-25)16-13(20)7-11(9-24-16)18(21,22)23/h1-2,7-9H,3-6,10H2. The number of fused-ring (bicyclic) bond motifs is 1. The molecule has 0 amide bonds. The van der Waals surface area contributed by atoms with Crippen molar-refractivity contribution in [1.82, 2.24) is 14.5 Å². The molecule has 154 valence electrons. The smallest absolute Gasteiger partial charge is 0.408 e. The Morgan fingerprint density at radius 1 is 1.10 bits per heavy atom. The SMILES string of the molecule is O=c1oc2cc(Cl)ccc2n1CN1CCN(c2ncc(C(F)(F)F)cc2Cl)CC1. The summed E-state index contributed by atoms with van der Waals surface area (Å²) < 4.78 is 45.1. The maximum absolute atomic E-state index is 12.8. The van der Waals surface area contributed by atoms with Crippen molar-refractivity contribution in [1.29, 1.82) is 0 Å². The van der Waals surface area contributed by atoms with Crippen molar-refractivity contribution in [2.24, 2.45) is 0 Å². The fourth-order valence-electron chi connectivity index (χ4n) is 3.29. The lowest BCUT2D eigenvalue weighted by molar-refractivity contribution is -0.137. The van der Waals surface area contributed by atoms with Crippen LogP contribution >= 0.6 is 23.2 Å². The molecule has 0 atom stereocenters. The van der Waals surface area contributed by atoms with Crippen LogP contribution in [0.3, 0.4) is 0 Å². The van der Waals surface area contributed by atoms with Gasteiger partial charge in [0.1, 0.15) is 5.82 Å². The summed E-state index contributed by atoms with van der Waals surface area (Å²) in [5.41, 5.74) is 0.187. The molecule has 4 rings (SSSR count). The number of rotatable bonds is 3. The summed E-state index contributed by atoms with van der Waals surface area (Å²) in [5.74, 6) is -0.156. The molecule has 3 heterocycles. The Morgan fingerprint density at radius 3 is 2.48 bits per heavy atom. The highest BCUT2D eigenvalue weighted by Crippen LogP contribution is 2.33. The molecule has 0 N–H and O–H groups in total. The molecule has 11 heteroatoms. The molecule has 2 aromatic heterocycles. The molecule has 0 aliphatic carbocycles. The summed E-state index contributed by atoms with van der Waals surface area (Å²) >= 11 is 12.0. The van der Waals surface area contributed by atoms with Crippen molar-refractivity contribution in [3.63, 3.8) is 0 Å². The van der Waals surface area contributed by atoms with E-state index >= 15 is 0 Å². The molecule has 0 bridgehead atoms. The van der Waals surface area contributed by atoms with Gasteiger partial charge in [-0.25, -0.2) is 9.78 Å². The Balaban J connectivity index is 1.45. The van der Waals surface area contributed by atoms with Crippen molar-refractivity contribution < 1.29 is 17.6 Å². The summed E-state index contributed by atoms with van der Waals surface area (Å²) in [6, 6.07) is 5.89. The van der Waals surface area contributed by atoms with Gasteiger partial charge in [0.05, 0.1) is 22.8 Å². The Morgan fingerprint density at radius 2 is 1.83 bits per heavy atom. The fourth-order valence-corrected chi connectivity index (χ4v) is 3.74. The third-order valence-electron chi connectivity index (χ3n) is 4.79. The van der Waals surface area contributed by atoms with Gasteiger partial charge in [0.25, 0.3) is 0 Å². The van der Waals surface area contributed by atoms with Gasteiger partial charge in [0.2, 0.25) is 0 Å². The Hall–Kier alpha value is -2.23. The van der Waals surface area contributed by atoms with Gasteiger partial charge in [-0.1, -0.05) is 23.2 Å². The fraction of sp³-hybridized carbons (Fsp3) is 0.333. The summed E-state index contributed by atoms with van der Waals surface area (Å²) in [6.07, 6.45) is -3.70. The van der Waals surface area contributed by atoms with Crippen LogP contribution in [-0.2, 0) is 12.8 Å². The molecular formula is C18H15Cl2F3N4O2. The van der Waals surface area contributed by atoms with Crippen molar-refractivity contribution >= 4 is 40.1 Å². The first-order valence-corrected chi connectivity index (χ1v) is 9.47. The number of anilines is 1. The van der Waals surface area contributed by atoms with Crippen molar-refractivity contribution in [3.05, 3.63) is 56.6 Å². The average molecular weight is 447 g/mol. The summed E-state index contributed by atoms with van der Waals surface area (Å²) in [7, 11) is 0. The van der Waals surface area contributed by atoms with Gasteiger partial charge < -0.3 is 9.32 Å². The minimum atomic E-state index is -4.49. The van der Waals surface area contributed by atoms with E-state index in [1.54, 1.807) is 18.2 Å². The Bertz CT molecular complexity index is 1100. The zero-order valence-corrected chi connectivity index (χ0v) is 16.4. The van der Waals surface area contributed by atoms with Gasteiger partial charge in [0.15, 0.2) is 5.58 Å². The van der Waals surface area contributed by atoms with Gasteiger partial charge in [-0.15, -0.1) is 0 Å². The van der Waals surface area contributed by atoms with Crippen molar-refractivity contribution in [2.75, 3.05) is 31.1 Å². The largest absolute Gasteiger partial charge is 0.421 e. The number of alkyl halides is 3. The third kappa shape index (κ3) is 4.08. The van der Waals surface area contributed by atoms with E-state index in [1.807, 2.05) is 9.80 Å². The Labute approximate surface area is 173 Å². The van der Waals surface area contributed by atoms with Gasteiger partial charge in [-0.05, 0) is 18.2 Å². The lowest BCUT2D eigenvalue weighted by Gasteiger charge is -2.35. The molecule has 0 saturated carbocycles. The molecular weight excluding hydrogens is 432 g/mol. The van der Waals surface area contributed by atoms with E-state index in [2.05, 4.69) is 4.98 Å². The number of nitrogens with zero attached hydrogens (tertiary/aromatic N) is 4. The van der Waals surface area contributed by atoms with Crippen molar-refractivity contribution in [2.45, 2.75) is 12.8 Å². The van der Waals surface area contributed by atoms with Crippen LogP contribution in [0.15, 0.2) is 39.7 Å². The predicted molar refractivity (Wildman–Crippen MR) is 104 cm³/mol. The number of oxazole rings is 1. The molecule has 1 aliphatic heterocycles. The third-order valence-corrected chi connectivity index (χ3v) is 5.31. The molecule has 1 aliphatic rings. The number of hydrogen-bond donors (Lipinski definition) is 0. The zero-order valence-electron chi connectivity index (χ0n) is 14.9. The summed E-state index contributed by atoms with van der Waals surface area (Å²) in [6.45, 7) is 2.50. The van der Waals surface area contributed by atoms with Gasteiger partial charge in [0, 0.05) is 43.5 Å². The normalized spacial score (nSPS) is 16.0. The average Bonchev–Trinajstić information content (AvgIpc) is 2.96. The minimum Gasteiger partial charge on any atom is -0.408 e. The predicted octanol–water partition coefficient (Wildman–Crippen LogP) is 4.09. The lowest BCUT2D eigenvalue weighted by Crippen LogP contribution is -2.47. The Kier molecular flexibility index (Phi) is 5.22. The highest BCUT2D eigenvalue weighted by Gasteiger charge is 2.32. The van der Waals surface area contributed by atoms with Crippen LogP contribution in [0.1, 0.15) is 5.56 Å². The molecule has 0 spiro atoms. The lowest BCUT2D eigenvalue weighted by atomic mass is 10.2. The van der Waals surface area contributed by atoms with Crippen LogP contribution in [0.2, 0.25) is 10.0 Å². The number of piperazine rings is 1. The van der Waals surface area contributed by atoms with Crippen LogP contribution in [0.5, 0.6) is 0 Å². The van der Waals surface area contributed by atoms with E-state index in [1.165, 1.54) is 4.57 Å². The van der Waals surface area contributed by atoms with E-state index in [4.69, 9.17) is 27.6 Å². The number of benzene rings is 1. The maximum Gasteiger partial charge on any atom is 0.421 e. The second-order valence-corrected chi connectivity index (χ2v) is 7.53. The van der Waals surface area contributed by atoms with Crippen LogP contribution in [0.4, 0.5) is 19.0 Å². The van der Waals surface area contributed by atoms with Crippen molar-refractivity contribution in [3.8, 4) is 0 Å². The van der Waals surface area contributed by atoms with Gasteiger partial charge in [-0.2, -0.15) is 13.2 Å². The topological polar surface area (TPSA) is 54.5 Å². The summed E-state index contributed by atoms with van der Waals surface area (Å²) in [4.78, 5) is 19.9. The molecule has 0 radical (unpaired) electrons. The number of halogens is 5. The monoisotopic (exact) mass is 446 g/mol. The van der Waals surface area contributed by atoms with Gasteiger partial charge >= 0.3 is 11.9 Å². The highest BCUT2D eigenvalue weighted by atomic mass is 35.5. The van der Waals surface area contributed by atoms with E-state index in [9.17, 15) is 18.0 Å². The zero-order chi connectivity index (χ0) is 20.8. The molecule has 1 fully saturated rings. The number of aromatic nitrogens is 2. The second-order valence-electron chi connectivity index (χ2n) is 6.68. The first-order chi connectivity index (χ1) is 13.7. The molecule has 1 saturated heterocycles. The van der Waals surface area contributed by atoms with Crippen LogP contribution in [0, 0.1) is 0 Å². The molecule has 29 heavy (non-hydrogen) atoms. The van der Waals surface area contributed by atoms with Crippen LogP contribution in [0.25, 0.3) is 11.1 Å². The quantitative estimate of drug-likeness (QED) is 0.606. The molecule has 0 unspecified atom stereocenters. The number of hydrogen-bond acceptors (Lipinski definition) is 5. The van der Waals surface area contributed by atoms with E-state index < -0.39 is 17.5 Å².